The molecule has 0 bridgehead atoms. The van der Waals surface area contributed by atoms with Gasteiger partial charge in [0.15, 0.2) is 0 Å². The predicted molar refractivity (Wildman–Crippen MR) is 65.8 cm³/mol. The molecule has 0 aromatic rings. The van der Waals surface area contributed by atoms with E-state index in [1.165, 1.54) is 5.01 Å². The van der Waals surface area contributed by atoms with Crippen LogP contribution in [-0.2, 0) is 9.47 Å². The molecule has 18 heavy (non-hydrogen) atoms. The van der Waals surface area contributed by atoms with Gasteiger partial charge >= 0.3 is 12.2 Å². The molecule has 0 fully saturated rings. The van der Waals surface area contributed by atoms with Gasteiger partial charge in [-0.15, -0.1) is 0 Å². The molecule has 102 valence electrons. The fraction of sp³-hybridized carbons (Fsp3) is 0.667. The second-order valence-electron chi connectivity index (χ2n) is 3.83. The molecule has 6 nitrogen and oxygen atoms in total. The molecule has 0 radical (unpaired) electrons. The van der Waals surface area contributed by atoms with Crippen LogP contribution >= 0.6 is 0 Å². The van der Waals surface area contributed by atoms with E-state index in [-0.39, 0.29) is 19.3 Å². The Labute approximate surface area is 107 Å². The third-order valence-electron chi connectivity index (χ3n) is 2.51. The van der Waals surface area contributed by atoms with Crippen molar-refractivity contribution < 1.29 is 19.1 Å². The van der Waals surface area contributed by atoms with E-state index in [1.54, 1.807) is 13.8 Å². The minimum absolute atomic E-state index is 0.179. The third kappa shape index (κ3) is 4.27. The topological polar surface area (TPSA) is 67.9 Å². The summed E-state index contributed by atoms with van der Waals surface area (Å²) in [4.78, 5) is 23.2. The van der Waals surface area contributed by atoms with Gasteiger partial charge in [0.05, 0.1) is 19.3 Å². The summed E-state index contributed by atoms with van der Waals surface area (Å²) in [6, 6.07) is -0.179. The van der Waals surface area contributed by atoms with Crippen molar-refractivity contribution in [2.45, 2.75) is 39.2 Å². The van der Waals surface area contributed by atoms with Crippen LogP contribution in [0.2, 0.25) is 0 Å². The molecule has 0 spiro atoms. The van der Waals surface area contributed by atoms with Crippen molar-refractivity contribution in [3.63, 3.8) is 0 Å². The monoisotopic (exact) mass is 256 g/mol. The largest absolute Gasteiger partial charge is 0.449 e. The second-order valence-corrected chi connectivity index (χ2v) is 3.83. The molecule has 1 rings (SSSR count). The van der Waals surface area contributed by atoms with E-state index in [2.05, 4.69) is 5.43 Å². The van der Waals surface area contributed by atoms with Gasteiger partial charge in [0.25, 0.3) is 0 Å². The first-order valence-corrected chi connectivity index (χ1v) is 6.25. The van der Waals surface area contributed by atoms with Crippen molar-refractivity contribution in [1.82, 2.24) is 10.4 Å². The number of hydrogen-bond donors (Lipinski definition) is 1. The van der Waals surface area contributed by atoms with Gasteiger partial charge in [-0.25, -0.2) is 20.0 Å². The number of ether oxygens (including phenoxy) is 2. The number of hydrogen-bond acceptors (Lipinski definition) is 4. The number of allylic oxidation sites excluding steroid dienone is 1. The van der Waals surface area contributed by atoms with Crippen LogP contribution < -0.4 is 5.43 Å². The molecular weight excluding hydrogens is 236 g/mol. The molecule has 2 amide bonds. The van der Waals surface area contributed by atoms with Gasteiger partial charge in [0.1, 0.15) is 0 Å². The van der Waals surface area contributed by atoms with Crippen LogP contribution in [0.4, 0.5) is 9.59 Å². The summed E-state index contributed by atoms with van der Waals surface area (Å²) >= 11 is 0. The fourth-order valence-corrected chi connectivity index (χ4v) is 1.73. The Kier molecular flexibility index (Phi) is 6.04. The van der Waals surface area contributed by atoms with E-state index in [9.17, 15) is 9.59 Å². The highest BCUT2D eigenvalue weighted by Gasteiger charge is 2.26. The first-order chi connectivity index (χ1) is 8.69. The summed E-state index contributed by atoms with van der Waals surface area (Å²) in [6.45, 7) is 3.94. The molecule has 1 unspecified atom stereocenters. The predicted octanol–water partition coefficient (Wildman–Crippen LogP) is 2.21. The van der Waals surface area contributed by atoms with E-state index >= 15 is 0 Å². The molecule has 0 heterocycles. The van der Waals surface area contributed by atoms with Crippen LogP contribution in [0.25, 0.3) is 0 Å². The maximum atomic E-state index is 11.8. The van der Waals surface area contributed by atoms with E-state index in [1.807, 2.05) is 12.2 Å². The lowest BCUT2D eigenvalue weighted by Crippen LogP contribution is -2.52. The highest BCUT2D eigenvalue weighted by molar-refractivity contribution is 5.74. The zero-order valence-corrected chi connectivity index (χ0v) is 10.8. The van der Waals surface area contributed by atoms with Crippen molar-refractivity contribution in [2.24, 2.45) is 0 Å². The first kappa shape index (κ1) is 14.3. The molecule has 1 N–H and O–H groups in total. The lowest BCUT2D eigenvalue weighted by molar-refractivity contribution is 0.0609. The molecule has 6 heteroatoms. The second kappa shape index (κ2) is 7.58. The Morgan fingerprint density at radius 3 is 2.61 bits per heavy atom. The van der Waals surface area contributed by atoms with Crippen LogP contribution in [0.5, 0.6) is 0 Å². The Hall–Kier alpha value is -1.72. The third-order valence-corrected chi connectivity index (χ3v) is 2.51. The van der Waals surface area contributed by atoms with Gasteiger partial charge < -0.3 is 9.47 Å². The van der Waals surface area contributed by atoms with Gasteiger partial charge in [-0.05, 0) is 33.1 Å². The zero-order chi connectivity index (χ0) is 13.4. The Bertz CT molecular complexity index is 317. The SMILES string of the molecule is CCOC(=O)NN(C(=O)OCC)C1C=CCCC1. The molecule has 0 saturated carbocycles. The van der Waals surface area contributed by atoms with Crippen LogP contribution in [0.15, 0.2) is 12.2 Å². The number of amides is 2. The average Bonchev–Trinajstić information content (AvgIpc) is 2.37. The number of carbonyl (C=O) groups excluding carboxylic acids is 2. The van der Waals surface area contributed by atoms with Crippen LogP contribution in [0.3, 0.4) is 0 Å². The smallest absolute Gasteiger partial charge is 0.429 e. The minimum Gasteiger partial charge on any atom is -0.449 e. The summed E-state index contributed by atoms with van der Waals surface area (Å²) in [7, 11) is 0. The van der Waals surface area contributed by atoms with Gasteiger partial charge in [-0.2, -0.15) is 0 Å². The summed E-state index contributed by atoms with van der Waals surface area (Å²) < 4.78 is 9.69. The van der Waals surface area contributed by atoms with Gasteiger partial charge in [0, 0.05) is 0 Å². The fourth-order valence-electron chi connectivity index (χ4n) is 1.73. The van der Waals surface area contributed by atoms with Crippen molar-refractivity contribution in [1.29, 1.82) is 0 Å². The summed E-state index contributed by atoms with van der Waals surface area (Å²) in [5.41, 5.74) is 2.42. The molecule has 1 aliphatic carbocycles. The van der Waals surface area contributed by atoms with Crippen molar-refractivity contribution in [2.75, 3.05) is 13.2 Å². The maximum absolute atomic E-state index is 11.8. The quantitative estimate of drug-likeness (QED) is 0.621. The lowest BCUT2D eigenvalue weighted by atomic mass is 10.0. The van der Waals surface area contributed by atoms with Gasteiger partial charge in [0.2, 0.25) is 0 Å². The van der Waals surface area contributed by atoms with E-state index in [0.717, 1.165) is 19.3 Å². The zero-order valence-electron chi connectivity index (χ0n) is 10.8. The maximum Gasteiger partial charge on any atom is 0.429 e. The Morgan fingerprint density at radius 2 is 2.06 bits per heavy atom. The minimum atomic E-state index is -0.649. The Balaban J connectivity index is 2.67. The lowest BCUT2D eigenvalue weighted by Gasteiger charge is -2.29. The van der Waals surface area contributed by atoms with Crippen molar-refractivity contribution in [3.8, 4) is 0 Å². The molecule has 1 aliphatic rings. The van der Waals surface area contributed by atoms with Crippen molar-refractivity contribution >= 4 is 12.2 Å². The first-order valence-electron chi connectivity index (χ1n) is 6.25. The summed E-state index contributed by atoms with van der Waals surface area (Å²) in [5.74, 6) is 0. The molecule has 1 atom stereocenters. The van der Waals surface area contributed by atoms with E-state index < -0.39 is 12.2 Å². The van der Waals surface area contributed by atoms with E-state index in [4.69, 9.17) is 9.47 Å². The summed E-state index contributed by atoms with van der Waals surface area (Å²) in [6.07, 6.45) is 5.43. The van der Waals surface area contributed by atoms with Gasteiger partial charge in [-0.1, -0.05) is 12.2 Å². The average molecular weight is 256 g/mol. The number of hydrazine groups is 1. The highest BCUT2D eigenvalue weighted by atomic mass is 16.6. The van der Waals surface area contributed by atoms with Crippen LogP contribution in [0.1, 0.15) is 33.1 Å². The molecule has 0 saturated heterocycles. The highest BCUT2D eigenvalue weighted by Crippen LogP contribution is 2.16. The number of nitrogens with zero attached hydrogens (tertiary/aromatic N) is 1. The van der Waals surface area contributed by atoms with Crippen LogP contribution in [0, 0.1) is 0 Å². The molecular formula is C12H20N2O4. The molecule has 0 aromatic heterocycles. The normalized spacial score (nSPS) is 18.0. The molecule has 0 aliphatic heterocycles. The van der Waals surface area contributed by atoms with Crippen LogP contribution in [-0.4, -0.2) is 36.5 Å². The standard InChI is InChI=1S/C12H20N2O4/c1-3-17-11(15)13-14(12(16)18-4-2)10-8-6-5-7-9-10/h6,8,10H,3-5,7,9H2,1-2H3,(H,13,15). The Morgan fingerprint density at radius 1 is 1.33 bits per heavy atom. The number of nitrogens with one attached hydrogen (secondary N) is 1. The number of carbonyl (C=O) groups is 2. The number of rotatable bonds is 3. The van der Waals surface area contributed by atoms with Gasteiger partial charge in [-0.3, -0.25) is 0 Å². The molecule has 0 aromatic carbocycles. The van der Waals surface area contributed by atoms with E-state index in [0.29, 0.717) is 0 Å². The summed E-state index contributed by atoms with van der Waals surface area (Å²) in [5, 5.41) is 1.19. The van der Waals surface area contributed by atoms with Crippen molar-refractivity contribution in [3.05, 3.63) is 12.2 Å².